The highest BCUT2D eigenvalue weighted by Crippen LogP contribution is 2.37. The molecule has 174 valence electrons. The Morgan fingerprint density at radius 2 is 1.94 bits per heavy atom. The second-order valence-electron chi connectivity index (χ2n) is 7.78. The number of hydrogen-bond acceptors (Lipinski definition) is 8. The van der Waals surface area contributed by atoms with E-state index in [1.807, 2.05) is 18.2 Å². The van der Waals surface area contributed by atoms with Gasteiger partial charge in [0.25, 0.3) is 0 Å². The monoisotopic (exact) mass is 481 g/mol. The molecule has 1 N–H and O–H groups in total. The van der Waals surface area contributed by atoms with Gasteiger partial charge in [0.1, 0.15) is 18.2 Å². The number of rotatable bonds is 5. The van der Waals surface area contributed by atoms with Gasteiger partial charge in [0, 0.05) is 40.3 Å². The molecule has 1 saturated heterocycles. The number of benzene rings is 2. The minimum atomic E-state index is -1.21. The number of fused-ring (bicyclic) bond motifs is 1. The van der Waals surface area contributed by atoms with E-state index in [0.29, 0.717) is 40.9 Å². The van der Waals surface area contributed by atoms with Crippen LogP contribution in [0.15, 0.2) is 48.9 Å². The van der Waals surface area contributed by atoms with Gasteiger partial charge in [0.2, 0.25) is 5.88 Å². The number of anilines is 1. The second-order valence-corrected chi connectivity index (χ2v) is 8.18. The van der Waals surface area contributed by atoms with Crippen molar-refractivity contribution in [2.45, 2.75) is 6.10 Å². The van der Waals surface area contributed by atoms with Crippen molar-refractivity contribution in [2.24, 2.45) is 0 Å². The van der Waals surface area contributed by atoms with Crippen LogP contribution >= 0.6 is 11.6 Å². The van der Waals surface area contributed by atoms with E-state index in [4.69, 9.17) is 21.1 Å². The minimum Gasteiger partial charge on any atom is -0.480 e. The Bertz CT molecular complexity index is 1350. The van der Waals surface area contributed by atoms with Gasteiger partial charge in [-0.15, -0.1) is 5.10 Å². The van der Waals surface area contributed by atoms with E-state index >= 15 is 4.39 Å². The third-order valence-electron chi connectivity index (χ3n) is 5.84. The molecule has 0 radical (unpaired) electrons. The molecule has 1 fully saturated rings. The zero-order valence-corrected chi connectivity index (χ0v) is 19.0. The van der Waals surface area contributed by atoms with Crippen LogP contribution in [0.4, 0.5) is 10.1 Å². The number of ether oxygens (including phenoxy) is 2. The molecular formula is C24H21ClFN5O3. The Hall–Kier alpha value is -3.40. The largest absolute Gasteiger partial charge is 0.480 e. The van der Waals surface area contributed by atoms with E-state index in [9.17, 15) is 5.11 Å². The highest BCUT2D eigenvalue weighted by molar-refractivity contribution is 6.31. The molecule has 3 heterocycles. The first-order valence-electron chi connectivity index (χ1n) is 10.7. The van der Waals surface area contributed by atoms with Gasteiger partial charge < -0.3 is 19.5 Å². The van der Waals surface area contributed by atoms with Crippen LogP contribution in [0, 0.1) is 5.82 Å². The summed E-state index contributed by atoms with van der Waals surface area (Å²) in [5.74, 6) is -0.405. The van der Waals surface area contributed by atoms with Crippen molar-refractivity contribution in [3.63, 3.8) is 0 Å². The van der Waals surface area contributed by atoms with Crippen LogP contribution in [-0.2, 0) is 4.74 Å². The zero-order valence-electron chi connectivity index (χ0n) is 18.3. The molecule has 34 heavy (non-hydrogen) atoms. The molecule has 1 unspecified atom stereocenters. The van der Waals surface area contributed by atoms with Crippen molar-refractivity contribution < 1.29 is 19.0 Å². The molecule has 1 aliphatic heterocycles. The third-order valence-corrected chi connectivity index (χ3v) is 6.16. The lowest BCUT2D eigenvalue weighted by molar-refractivity contribution is 0.122. The van der Waals surface area contributed by atoms with E-state index in [2.05, 4.69) is 25.1 Å². The van der Waals surface area contributed by atoms with E-state index in [-0.39, 0.29) is 16.5 Å². The zero-order chi connectivity index (χ0) is 23.7. The van der Waals surface area contributed by atoms with Gasteiger partial charge in [-0.25, -0.2) is 14.4 Å². The molecule has 0 spiro atoms. The van der Waals surface area contributed by atoms with Gasteiger partial charge >= 0.3 is 0 Å². The maximum atomic E-state index is 15.1. The summed E-state index contributed by atoms with van der Waals surface area (Å²) in [5.41, 5.74) is 2.96. The predicted molar refractivity (Wildman–Crippen MR) is 126 cm³/mol. The number of hydrogen-bond donors (Lipinski definition) is 1. The number of aromatic nitrogens is 4. The number of methoxy groups -OCH3 is 1. The van der Waals surface area contributed by atoms with Crippen LogP contribution in [0.2, 0.25) is 5.02 Å². The topological polar surface area (TPSA) is 93.5 Å². The van der Waals surface area contributed by atoms with E-state index < -0.39 is 11.9 Å². The molecule has 0 saturated carbocycles. The fourth-order valence-electron chi connectivity index (χ4n) is 4.10. The quantitative estimate of drug-likeness (QED) is 0.460. The van der Waals surface area contributed by atoms with Crippen molar-refractivity contribution in [3.05, 3.63) is 70.9 Å². The molecule has 0 amide bonds. The molecule has 5 rings (SSSR count). The molecular weight excluding hydrogens is 461 g/mol. The average molecular weight is 482 g/mol. The first kappa shape index (κ1) is 22.4. The lowest BCUT2D eigenvalue weighted by Crippen LogP contribution is -2.36. The normalized spacial score (nSPS) is 14.9. The maximum absolute atomic E-state index is 15.1. The molecule has 2 aromatic heterocycles. The summed E-state index contributed by atoms with van der Waals surface area (Å²) in [6, 6.07) is 10.1. The second kappa shape index (κ2) is 9.46. The van der Waals surface area contributed by atoms with E-state index in [1.165, 1.54) is 31.8 Å². The first-order valence-corrected chi connectivity index (χ1v) is 11.0. The number of aliphatic hydroxyl groups is 1. The Morgan fingerprint density at radius 3 is 2.74 bits per heavy atom. The van der Waals surface area contributed by atoms with Crippen molar-refractivity contribution in [1.29, 1.82) is 0 Å². The van der Waals surface area contributed by atoms with Crippen LogP contribution in [0.25, 0.3) is 22.2 Å². The molecule has 8 nitrogen and oxygen atoms in total. The Morgan fingerprint density at radius 1 is 1.12 bits per heavy atom. The molecule has 1 aliphatic rings. The summed E-state index contributed by atoms with van der Waals surface area (Å²) in [6.07, 6.45) is 1.63. The first-order chi connectivity index (χ1) is 16.6. The minimum absolute atomic E-state index is 0.0700. The number of halogens is 2. The van der Waals surface area contributed by atoms with Gasteiger partial charge in [-0.1, -0.05) is 11.6 Å². The maximum Gasteiger partial charge on any atom is 0.239 e. The third kappa shape index (κ3) is 4.13. The van der Waals surface area contributed by atoms with Crippen LogP contribution in [-0.4, -0.2) is 58.7 Å². The van der Waals surface area contributed by atoms with Crippen molar-refractivity contribution in [2.75, 3.05) is 38.3 Å². The van der Waals surface area contributed by atoms with Crippen LogP contribution in [0.5, 0.6) is 5.88 Å². The van der Waals surface area contributed by atoms with Crippen molar-refractivity contribution in [1.82, 2.24) is 20.2 Å². The summed E-state index contributed by atoms with van der Waals surface area (Å²) in [6.45, 7) is 2.94. The fourth-order valence-corrected chi connectivity index (χ4v) is 4.35. The SMILES string of the molecule is COc1nnccc1C(O)c1cc(-c2ncnc3cc(N4CCOCC4)ccc23)c(F)cc1Cl. The molecule has 0 aliphatic carbocycles. The van der Waals surface area contributed by atoms with Gasteiger partial charge in [0.05, 0.1) is 43.3 Å². The Labute approximate surface area is 200 Å². The number of aliphatic hydroxyl groups excluding tert-OH is 1. The summed E-state index contributed by atoms with van der Waals surface area (Å²) >= 11 is 6.33. The van der Waals surface area contributed by atoms with Gasteiger partial charge in [-0.05, 0) is 36.4 Å². The summed E-state index contributed by atoms with van der Waals surface area (Å²) in [4.78, 5) is 11.0. The van der Waals surface area contributed by atoms with Gasteiger partial charge in [-0.2, -0.15) is 5.10 Å². The van der Waals surface area contributed by atoms with Crippen LogP contribution in [0.3, 0.4) is 0 Å². The molecule has 1 atom stereocenters. The lowest BCUT2D eigenvalue weighted by atomic mass is 9.97. The molecule has 10 heteroatoms. The summed E-state index contributed by atoms with van der Waals surface area (Å²) < 4.78 is 25.8. The highest BCUT2D eigenvalue weighted by Gasteiger charge is 2.23. The highest BCUT2D eigenvalue weighted by atomic mass is 35.5. The fraction of sp³-hybridized carbons (Fsp3) is 0.250. The standard InChI is InChI=1S/C24H21ClFN5O3/c1-33-24-16(4-5-29-30-24)23(32)17-11-18(20(26)12-19(17)25)22-15-3-2-14(10-21(15)27-13-28-22)31-6-8-34-9-7-31/h2-5,10-13,23,32H,6-9H2,1H3. The molecule has 2 aromatic carbocycles. The van der Waals surface area contributed by atoms with Crippen molar-refractivity contribution in [3.8, 4) is 17.1 Å². The molecule has 0 bridgehead atoms. The predicted octanol–water partition coefficient (Wildman–Crippen LogP) is 3.81. The van der Waals surface area contributed by atoms with E-state index in [0.717, 1.165) is 18.8 Å². The smallest absolute Gasteiger partial charge is 0.239 e. The van der Waals surface area contributed by atoms with Crippen LogP contribution < -0.4 is 9.64 Å². The Balaban J connectivity index is 1.59. The number of morpholine rings is 1. The van der Waals surface area contributed by atoms with Gasteiger partial charge in [0.15, 0.2) is 0 Å². The van der Waals surface area contributed by atoms with Crippen LogP contribution in [0.1, 0.15) is 17.2 Å². The van der Waals surface area contributed by atoms with E-state index in [1.54, 1.807) is 6.07 Å². The average Bonchev–Trinajstić information content (AvgIpc) is 2.88. The molecule has 4 aromatic rings. The Kier molecular flexibility index (Phi) is 6.23. The summed E-state index contributed by atoms with van der Waals surface area (Å²) in [7, 11) is 1.43. The lowest BCUT2D eigenvalue weighted by Gasteiger charge is -2.29. The van der Waals surface area contributed by atoms with Crippen molar-refractivity contribution >= 4 is 28.2 Å². The number of nitrogens with zero attached hydrogens (tertiary/aromatic N) is 5. The summed E-state index contributed by atoms with van der Waals surface area (Å²) in [5, 5.41) is 19.4. The van der Waals surface area contributed by atoms with Gasteiger partial charge in [-0.3, -0.25) is 0 Å².